The molecule has 0 saturated carbocycles. The minimum atomic E-state index is -0.579. The molecular weight excluding hydrogens is 186 g/mol. The predicted octanol–water partition coefficient (Wildman–Crippen LogP) is 0.581. The van der Waals surface area contributed by atoms with Gasteiger partial charge in [-0.05, 0) is 18.4 Å². The zero-order valence-corrected chi connectivity index (χ0v) is 8.47. The lowest BCUT2D eigenvalue weighted by Gasteiger charge is -2.25. The van der Waals surface area contributed by atoms with Crippen LogP contribution >= 0.6 is 11.3 Å². The van der Waals surface area contributed by atoms with Crippen LogP contribution in [-0.2, 0) is 6.54 Å². The number of hydrogen-bond acceptors (Lipinski definition) is 4. The van der Waals surface area contributed by atoms with Gasteiger partial charge >= 0.3 is 0 Å². The third-order valence-corrected chi connectivity index (χ3v) is 2.84. The molecule has 0 atom stereocenters. The van der Waals surface area contributed by atoms with Crippen molar-refractivity contribution in [2.24, 2.45) is 0 Å². The molecule has 1 heterocycles. The van der Waals surface area contributed by atoms with Crippen LogP contribution in [0.5, 0.6) is 0 Å². The van der Waals surface area contributed by atoms with E-state index < -0.39 is 5.54 Å². The highest BCUT2D eigenvalue weighted by molar-refractivity contribution is 7.09. The summed E-state index contributed by atoms with van der Waals surface area (Å²) in [6.45, 7) is 2.36. The van der Waals surface area contributed by atoms with E-state index in [9.17, 15) is 0 Å². The topological polar surface area (TPSA) is 52.5 Å². The third-order valence-electron chi connectivity index (χ3n) is 1.97. The first kappa shape index (κ1) is 10.7. The fraction of sp³-hybridized carbons (Fsp3) is 0.556. The molecule has 74 valence electrons. The Morgan fingerprint density at radius 1 is 1.46 bits per heavy atom. The molecule has 13 heavy (non-hydrogen) atoms. The monoisotopic (exact) mass is 201 g/mol. The highest BCUT2D eigenvalue weighted by atomic mass is 32.1. The van der Waals surface area contributed by atoms with Crippen molar-refractivity contribution >= 4 is 11.3 Å². The average Bonchev–Trinajstić information content (AvgIpc) is 2.67. The van der Waals surface area contributed by atoms with E-state index in [1.807, 2.05) is 17.5 Å². The Balaban J connectivity index is 2.41. The van der Waals surface area contributed by atoms with Gasteiger partial charge in [0.05, 0.1) is 18.8 Å². The lowest BCUT2D eigenvalue weighted by molar-refractivity contribution is 0.103. The molecule has 0 saturated heterocycles. The molecule has 4 heteroatoms. The number of rotatable bonds is 5. The molecule has 0 radical (unpaired) electrons. The van der Waals surface area contributed by atoms with Crippen LogP contribution in [0.1, 0.15) is 11.8 Å². The van der Waals surface area contributed by atoms with Crippen molar-refractivity contribution in [3.8, 4) is 0 Å². The van der Waals surface area contributed by atoms with E-state index in [1.165, 1.54) is 4.88 Å². The van der Waals surface area contributed by atoms with Crippen LogP contribution in [0.25, 0.3) is 0 Å². The van der Waals surface area contributed by atoms with Crippen LogP contribution in [0.3, 0.4) is 0 Å². The number of hydrogen-bond donors (Lipinski definition) is 3. The normalized spacial score (nSPS) is 11.9. The third kappa shape index (κ3) is 3.08. The Morgan fingerprint density at radius 2 is 2.15 bits per heavy atom. The Bertz CT molecular complexity index is 232. The fourth-order valence-electron chi connectivity index (χ4n) is 0.875. The van der Waals surface area contributed by atoms with Gasteiger partial charge in [0.15, 0.2) is 0 Å². The standard InChI is InChI=1S/C9H15NO2S/c1-9(6-11,7-12)10-5-8-3-2-4-13-8/h2-4,10-12H,5-7H2,1H3. The van der Waals surface area contributed by atoms with Crippen LogP contribution < -0.4 is 5.32 Å². The van der Waals surface area contributed by atoms with Crippen LogP contribution in [0.4, 0.5) is 0 Å². The maximum absolute atomic E-state index is 8.99. The second-order valence-corrected chi connectivity index (χ2v) is 4.34. The van der Waals surface area contributed by atoms with Gasteiger partial charge in [-0.2, -0.15) is 0 Å². The first-order valence-electron chi connectivity index (χ1n) is 4.19. The van der Waals surface area contributed by atoms with Gasteiger partial charge in [0.25, 0.3) is 0 Å². The van der Waals surface area contributed by atoms with Crippen LogP contribution in [0, 0.1) is 0 Å². The Morgan fingerprint density at radius 3 is 2.62 bits per heavy atom. The van der Waals surface area contributed by atoms with Gasteiger partial charge in [-0.15, -0.1) is 11.3 Å². The SMILES string of the molecule is CC(CO)(CO)NCc1cccs1. The van der Waals surface area contributed by atoms with Gasteiger partial charge in [-0.25, -0.2) is 0 Å². The summed E-state index contributed by atoms with van der Waals surface area (Å²) < 4.78 is 0. The van der Waals surface area contributed by atoms with Gasteiger partial charge < -0.3 is 15.5 Å². The van der Waals surface area contributed by atoms with Crippen LogP contribution in [0.2, 0.25) is 0 Å². The van der Waals surface area contributed by atoms with E-state index in [1.54, 1.807) is 18.3 Å². The molecule has 0 fully saturated rings. The minimum absolute atomic E-state index is 0.0606. The molecular formula is C9H15NO2S. The number of aliphatic hydroxyl groups excluding tert-OH is 2. The van der Waals surface area contributed by atoms with Crippen molar-refractivity contribution in [3.63, 3.8) is 0 Å². The van der Waals surface area contributed by atoms with E-state index in [0.717, 1.165) is 0 Å². The molecule has 0 aliphatic heterocycles. The first-order chi connectivity index (χ1) is 6.20. The zero-order chi connectivity index (χ0) is 9.73. The van der Waals surface area contributed by atoms with Crippen molar-refractivity contribution in [2.75, 3.05) is 13.2 Å². The van der Waals surface area contributed by atoms with Gasteiger partial charge in [0.2, 0.25) is 0 Å². The fourth-order valence-corrected chi connectivity index (χ4v) is 1.52. The largest absolute Gasteiger partial charge is 0.394 e. The summed E-state index contributed by atoms with van der Waals surface area (Å²) in [6.07, 6.45) is 0. The molecule has 0 spiro atoms. The van der Waals surface area contributed by atoms with Crippen molar-refractivity contribution in [1.29, 1.82) is 0 Å². The molecule has 0 aliphatic rings. The quantitative estimate of drug-likeness (QED) is 0.653. The lowest BCUT2D eigenvalue weighted by Crippen LogP contribution is -2.48. The van der Waals surface area contributed by atoms with Crippen molar-refractivity contribution in [1.82, 2.24) is 5.32 Å². The minimum Gasteiger partial charge on any atom is -0.394 e. The number of nitrogens with one attached hydrogen (secondary N) is 1. The molecule has 0 unspecified atom stereocenters. The van der Waals surface area contributed by atoms with Gasteiger partial charge in [0.1, 0.15) is 0 Å². The molecule has 1 aromatic rings. The molecule has 1 aromatic heterocycles. The van der Waals surface area contributed by atoms with E-state index in [2.05, 4.69) is 5.32 Å². The van der Waals surface area contributed by atoms with Gasteiger partial charge in [-0.1, -0.05) is 6.07 Å². The molecule has 3 N–H and O–H groups in total. The zero-order valence-electron chi connectivity index (χ0n) is 7.66. The van der Waals surface area contributed by atoms with Crippen molar-refractivity contribution < 1.29 is 10.2 Å². The van der Waals surface area contributed by atoms with Gasteiger partial charge in [-0.3, -0.25) is 0 Å². The van der Waals surface area contributed by atoms with Crippen molar-refractivity contribution in [3.05, 3.63) is 22.4 Å². The second-order valence-electron chi connectivity index (χ2n) is 3.31. The van der Waals surface area contributed by atoms with E-state index in [-0.39, 0.29) is 13.2 Å². The number of thiophene rings is 1. The summed E-state index contributed by atoms with van der Waals surface area (Å²) in [7, 11) is 0. The molecule has 3 nitrogen and oxygen atoms in total. The number of aliphatic hydroxyl groups is 2. The van der Waals surface area contributed by atoms with Crippen LogP contribution in [-0.4, -0.2) is 29.0 Å². The molecule has 0 aromatic carbocycles. The molecule has 1 rings (SSSR count). The van der Waals surface area contributed by atoms with Gasteiger partial charge in [0, 0.05) is 11.4 Å². The van der Waals surface area contributed by atoms with E-state index in [0.29, 0.717) is 6.54 Å². The Labute approximate surface area is 82.0 Å². The maximum atomic E-state index is 8.99. The summed E-state index contributed by atoms with van der Waals surface area (Å²) in [5, 5.41) is 23.1. The summed E-state index contributed by atoms with van der Waals surface area (Å²) >= 11 is 1.66. The Kier molecular flexibility index (Phi) is 3.87. The van der Waals surface area contributed by atoms with Crippen molar-refractivity contribution in [2.45, 2.75) is 19.0 Å². The smallest absolute Gasteiger partial charge is 0.0633 e. The maximum Gasteiger partial charge on any atom is 0.0633 e. The Hall–Kier alpha value is -0.420. The first-order valence-corrected chi connectivity index (χ1v) is 5.07. The highest BCUT2D eigenvalue weighted by Gasteiger charge is 2.20. The summed E-state index contributed by atoms with van der Waals surface area (Å²) in [4.78, 5) is 1.20. The van der Waals surface area contributed by atoms with E-state index >= 15 is 0 Å². The second kappa shape index (κ2) is 4.72. The molecule has 0 aliphatic carbocycles. The summed E-state index contributed by atoms with van der Waals surface area (Å²) in [5.41, 5.74) is -0.579. The summed E-state index contributed by atoms with van der Waals surface area (Å²) in [5.74, 6) is 0. The highest BCUT2D eigenvalue weighted by Crippen LogP contribution is 2.10. The molecule has 0 bridgehead atoms. The van der Waals surface area contributed by atoms with Crippen LogP contribution in [0.15, 0.2) is 17.5 Å². The summed E-state index contributed by atoms with van der Waals surface area (Å²) in [6, 6.07) is 4.00. The van der Waals surface area contributed by atoms with E-state index in [4.69, 9.17) is 10.2 Å². The predicted molar refractivity (Wildman–Crippen MR) is 53.7 cm³/mol. The average molecular weight is 201 g/mol. The lowest BCUT2D eigenvalue weighted by atomic mass is 10.1. The molecule has 0 amide bonds.